The molecule has 2 aliphatic rings. The molecular weight excluding hydrogens is 700 g/mol. The van der Waals surface area contributed by atoms with Crippen molar-refractivity contribution in [3.8, 4) is 0 Å². The Balaban J connectivity index is 0. The van der Waals surface area contributed by atoms with Crippen molar-refractivity contribution in [2.75, 3.05) is 52.9 Å². The molecule has 4 N–H and O–H groups in total. The summed E-state index contributed by atoms with van der Waals surface area (Å²) in [5.74, 6) is 0. The summed E-state index contributed by atoms with van der Waals surface area (Å²) in [6, 6.07) is 0. The summed E-state index contributed by atoms with van der Waals surface area (Å²) < 4.78 is 132. The van der Waals surface area contributed by atoms with E-state index in [2.05, 4.69) is 5.80 Å². The third-order valence-electron chi connectivity index (χ3n) is 1.83. The Hall–Kier alpha value is 0.0779. The number of hydrogen-bond acceptors (Lipinski definition) is 14. The summed E-state index contributed by atoms with van der Waals surface area (Å²) in [7, 11) is 0. The van der Waals surface area contributed by atoms with Crippen molar-refractivity contribution in [1.29, 1.82) is 0 Å². The van der Waals surface area contributed by atoms with Crippen LogP contribution in [0.2, 0.25) is 0 Å². The Kier molecular flexibility index (Phi) is 17.0. The third kappa shape index (κ3) is 35.5. The molecule has 2 rings (SSSR count). The van der Waals surface area contributed by atoms with E-state index in [9.17, 15) is 30.7 Å². The van der Waals surface area contributed by atoms with Crippen LogP contribution in [0.25, 0.3) is 0 Å². The first-order chi connectivity index (χ1) is 13.4. The molecule has 0 unspecified atom stereocenters. The van der Waals surface area contributed by atoms with Crippen LogP contribution >= 0.6 is 0 Å². The molecule has 0 spiro atoms. The van der Waals surface area contributed by atoms with Crippen molar-refractivity contribution in [3.05, 3.63) is 0 Å². The second-order valence-electron chi connectivity index (χ2n) is 4.30. The predicted octanol–water partition coefficient (Wildman–Crippen LogP) is -4.77. The van der Waals surface area contributed by atoms with Crippen LogP contribution in [0, 0.1) is 0 Å². The Morgan fingerprint density at radius 3 is 0.567 bits per heavy atom. The van der Waals surface area contributed by atoms with Crippen LogP contribution in [0.5, 0.6) is 0 Å². The van der Waals surface area contributed by atoms with E-state index in [0.717, 1.165) is 52.9 Å². The van der Waals surface area contributed by atoms with E-state index in [4.69, 9.17) is 35.7 Å². The molecule has 0 aromatic heterocycles. The zero-order chi connectivity index (χ0) is 23.9. The SMILES string of the molecule is C1COCCO1.C1COCCO1.O=[Se](=O)(O)O[Se](=O)(=O)O.O=[Se](=O)(O)O[Se](=O)(=O)O. The molecule has 184 valence electrons. The monoisotopic (exact) mass is 724 g/mol. The number of ether oxygens (including phenoxy) is 4. The van der Waals surface area contributed by atoms with Gasteiger partial charge in [-0.15, -0.1) is 0 Å². The average molecular weight is 720 g/mol. The molecule has 0 amide bonds. The zero-order valence-corrected chi connectivity index (χ0v) is 21.6. The van der Waals surface area contributed by atoms with Gasteiger partial charge in [0.15, 0.2) is 0 Å². The molecule has 2 heterocycles. The average Bonchev–Trinajstić information content (AvgIpc) is 2.53. The summed E-state index contributed by atoms with van der Waals surface area (Å²) in [5.41, 5.74) is 0. The van der Waals surface area contributed by atoms with Crippen LogP contribution in [0.1, 0.15) is 0 Å². The molecule has 0 saturated carbocycles. The summed E-state index contributed by atoms with van der Waals surface area (Å²) >= 11 is -23.0. The second-order valence-corrected chi connectivity index (χ2v) is 15.0. The van der Waals surface area contributed by atoms with Gasteiger partial charge in [0.25, 0.3) is 0 Å². The van der Waals surface area contributed by atoms with Crippen molar-refractivity contribution in [2.45, 2.75) is 0 Å². The predicted molar refractivity (Wildman–Crippen MR) is 82.8 cm³/mol. The molecule has 0 bridgehead atoms. The molecule has 0 aromatic carbocycles. The van der Waals surface area contributed by atoms with E-state index in [1.165, 1.54) is 0 Å². The standard InChI is InChI=1S/2C4H8O2.2H2O7Se2/c2*1-2-6-4-3-5-1;2*1-8(2,3)7-9(4,5)6/h2*1-4H2;2*(H,1,2,3)(H,4,5,6). The van der Waals surface area contributed by atoms with Gasteiger partial charge in [0.1, 0.15) is 0 Å². The van der Waals surface area contributed by atoms with Gasteiger partial charge in [0, 0.05) is 0 Å². The quantitative estimate of drug-likeness (QED) is 0.199. The fourth-order valence-electron chi connectivity index (χ4n) is 1.10. The Labute approximate surface area is 178 Å². The van der Waals surface area contributed by atoms with Gasteiger partial charge in [-0.1, -0.05) is 0 Å². The van der Waals surface area contributed by atoms with Crippen LogP contribution < -0.4 is 0 Å². The first-order valence-corrected chi connectivity index (χ1v) is 18.5. The van der Waals surface area contributed by atoms with E-state index in [1.54, 1.807) is 0 Å². The Bertz CT molecular complexity index is 690. The van der Waals surface area contributed by atoms with Gasteiger partial charge >= 0.3 is 107 Å². The minimum absolute atomic E-state index is 0.778. The number of rotatable bonds is 4. The van der Waals surface area contributed by atoms with E-state index < -0.39 is 53.5 Å². The Morgan fingerprint density at radius 1 is 0.400 bits per heavy atom. The molecule has 2 saturated heterocycles. The molecule has 18 nitrogen and oxygen atoms in total. The maximum absolute atomic E-state index is 9.53. The normalized spacial score (nSPS) is 17.7. The summed E-state index contributed by atoms with van der Waals surface area (Å²) in [6.07, 6.45) is 0. The topological polar surface area (TPSA) is 273 Å². The van der Waals surface area contributed by atoms with Gasteiger partial charge in [-0.25, -0.2) is 0 Å². The molecule has 0 aliphatic carbocycles. The van der Waals surface area contributed by atoms with Crippen LogP contribution in [0.15, 0.2) is 0 Å². The van der Waals surface area contributed by atoms with E-state index in [1.807, 2.05) is 0 Å². The van der Waals surface area contributed by atoms with Gasteiger partial charge in [-0.2, -0.15) is 0 Å². The molecule has 22 heteroatoms. The summed E-state index contributed by atoms with van der Waals surface area (Å²) in [6.45, 7) is 6.22. The molecule has 30 heavy (non-hydrogen) atoms. The van der Waals surface area contributed by atoms with E-state index in [-0.39, 0.29) is 0 Å². The van der Waals surface area contributed by atoms with Crippen molar-refractivity contribution < 1.29 is 72.2 Å². The molecular formula is C8H20O18Se4. The van der Waals surface area contributed by atoms with Gasteiger partial charge in [0.2, 0.25) is 0 Å². The summed E-state index contributed by atoms with van der Waals surface area (Å²) in [4.78, 5) is 0. The van der Waals surface area contributed by atoms with E-state index >= 15 is 0 Å². The molecule has 0 aromatic rings. The molecule has 0 atom stereocenters. The van der Waals surface area contributed by atoms with Crippen LogP contribution in [-0.2, 0) is 55.4 Å². The maximum atomic E-state index is 9.53. The first kappa shape index (κ1) is 32.3. The minimum atomic E-state index is -5.76. The van der Waals surface area contributed by atoms with Crippen LogP contribution in [-0.4, -0.2) is 123 Å². The van der Waals surface area contributed by atoms with Crippen molar-refractivity contribution in [3.63, 3.8) is 0 Å². The zero-order valence-electron chi connectivity index (χ0n) is 14.8. The van der Waals surface area contributed by atoms with Crippen molar-refractivity contribution in [1.82, 2.24) is 0 Å². The van der Waals surface area contributed by atoms with Gasteiger partial charge in [-0.3, -0.25) is 0 Å². The van der Waals surface area contributed by atoms with Gasteiger partial charge in [-0.05, 0) is 0 Å². The van der Waals surface area contributed by atoms with E-state index in [0.29, 0.717) is 0 Å². The fraction of sp³-hybridized carbons (Fsp3) is 1.00. The van der Waals surface area contributed by atoms with Gasteiger partial charge in [0.05, 0.1) is 52.9 Å². The third-order valence-corrected chi connectivity index (χ3v) is 10.8. The van der Waals surface area contributed by atoms with Crippen molar-refractivity contribution >= 4 is 53.5 Å². The van der Waals surface area contributed by atoms with Crippen molar-refractivity contribution in [2.24, 2.45) is 0 Å². The first-order valence-electron chi connectivity index (χ1n) is 7.04. The van der Waals surface area contributed by atoms with Crippen LogP contribution in [0.3, 0.4) is 0 Å². The molecule has 2 aliphatic heterocycles. The fourth-order valence-corrected chi connectivity index (χ4v) is 6.75. The van der Waals surface area contributed by atoms with Gasteiger partial charge < -0.3 is 18.9 Å². The summed E-state index contributed by atoms with van der Waals surface area (Å²) in [5, 5.41) is 0. The Morgan fingerprint density at radius 2 is 0.533 bits per heavy atom. The second kappa shape index (κ2) is 15.8. The molecule has 2 fully saturated rings. The number of hydrogen-bond donors (Lipinski definition) is 4. The molecule has 0 radical (unpaired) electrons. The van der Waals surface area contributed by atoms with Crippen LogP contribution in [0.4, 0.5) is 0 Å².